The quantitative estimate of drug-likeness (QED) is 0.365. The van der Waals surface area contributed by atoms with Crippen LogP contribution in [0.3, 0.4) is 0 Å². The number of rotatable bonds is 5. The first kappa shape index (κ1) is 23.9. The molecule has 1 fully saturated rings. The number of carbonyl (C=O) groups excluding carboxylic acids is 2. The Hall–Kier alpha value is -3.29. The predicted molar refractivity (Wildman–Crippen MR) is 126 cm³/mol. The van der Waals surface area contributed by atoms with Crippen molar-refractivity contribution in [1.82, 2.24) is 9.80 Å². The van der Waals surface area contributed by atoms with Crippen molar-refractivity contribution in [3.8, 4) is 16.9 Å². The number of amides is 1. The monoisotopic (exact) mass is 484 g/mol. The van der Waals surface area contributed by atoms with Gasteiger partial charge in [0.15, 0.2) is 0 Å². The van der Waals surface area contributed by atoms with Crippen LogP contribution in [0.2, 0.25) is 5.02 Å². The number of benzene rings is 3. The lowest BCUT2D eigenvalue weighted by Crippen LogP contribution is -2.48. The van der Waals surface area contributed by atoms with E-state index in [9.17, 15) is 18.4 Å². The lowest BCUT2D eigenvalue weighted by molar-refractivity contribution is 0.0634. The Kier molecular flexibility index (Phi) is 7.24. The number of hydrogen-bond acceptors (Lipinski definition) is 4. The molecule has 1 aliphatic rings. The minimum Gasteiger partial charge on any atom is -0.422 e. The molecule has 0 N–H and O–H groups in total. The molecule has 1 saturated heterocycles. The maximum atomic E-state index is 14.4. The van der Waals surface area contributed by atoms with E-state index in [1.165, 1.54) is 36.4 Å². The van der Waals surface area contributed by atoms with E-state index in [-0.39, 0.29) is 28.3 Å². The third kappa shape index (κ3) is 5.26. The van der Waals surface area contributed by atoms with Crippen molar-refractivity contribution in [3.05, 3.63) is 88.4 Å². The van der Waals surface area contributed by atoms with Gasteiger partial charge in [-0.1, -0.05) is 24.6 Å². The van der Waals surface area contributed by atoms with E-state index in [0.29, 0.717) is 23.7 Å². The molecular weight excluding hydrogens is 462 g/mol. The highest BCUT2D eigenvalue weighted by Crippen LogP contribution is 2.31. The lowest BCUT2D eigenvalue weighted by Gasteiger charge is -2.34. The van der Waals surface area contributed by atoms with Gasteiger partial charge in [-0.05, 0) is 60.6 Å². The molecule has 3 aromatic rings. The van der Waals surface area contributed by atoms with E-state index in [0.717, 1.165) is 31.8 Å². The zero-order chi connectivity index (χ0) is 24.2. The maximum Gasteiger partial charge on any atom is 0.343 e. The molecule has 0 spiro atoms. The fourth-order valence-electron chi connectivity index (χ4n) is 3.86. The topological polar surface area (TPSA) is 49.9 Å². The minimum absolute atomic E-state index is 0.0640. The molecular formula is C26H23ClF2N2O3. The van der Waals surface area contributed by atoms with Crippen LogP contribution >= 0.6 is 11.6 Å². The summed E-state index contributed by atoms with van der Waals surface area (Å²) < 4.78 is 33.4. The summed E-state index contributed by atoms with van der Waals surface area (Å²) in [5, 5.41) is 0.476. The van der Waals surface area contributed by atoms with Gasteiger partial charge in [-0.15, -0.1) is 0 Å². The third-order valence-electron chi connectivity index (χ3n) is 5.84. The molecule has 1 aliphatic heterocycles. The Labute approximate surface area is 201 Å². The van der Waals surface area contributed by atoms with E-state index in [2.05, 4.69) is 11.8 Å². The third-order valence-corrected chi connectivity index (χ3v) is 6.09. The second-order valence-electron chi connectivity index (χ2n) is 7.96. The van der Waals surface area contributed by atoms with Crippen LogP contribution in [0.1, 0.15) is 27.6 Å². The van der Waals surface area contributed by atoms with Gasteiger partial charge >= 0.3 is 5.97 Å². The fraction of sp³-hybridized carbons (Fsp3) is 0.231. The summed E-state index contributed by atoms with van der Waals surface area (Å²) in [4.78, 5) is 30.1. The lowest BCUT2D eigenvalue weighted by atomic mass is 10.0. The SMILES string of the molecule is CCN1CCN(C(=O)c2cc(-c3ccc(F)cc3F)ccc2OC(=O)c2ccc(Cl)cc2)CC1. The normalized spacial score (nSPS) is 14.2. The number of halogens is 3. The van der Waals surface area contributed by atoms with Crippen LogP contribution in [0, 0.1) is 11.6 Å². The molecule has 176 valence electrons. The molecule has 0 radical (unpaired) electrons. The van der Waals surface area contributed by atoms with Gasteiger partial charge in [0, 0.05) is 42.8 Å². The summed E-state index contributed by atoms with van der Waals surface area (Å²) >= 11 is 5.89. The summed E-state index contributed by atoms with van der Waals surface area (Å²) in [5.74, 6) is -2.35. The number of nitrogens with zero attached hydrogens (tertiary/aromatic N) is 2. The number of esters is 1. The number of ether oxygens (including phenoxy) is 1. The van der Waals surface area contributed by atoms with E-state index >= 15 is 0 Å². The van der Waals surface area contributed by atoms with Gasteiger partial charge in [0.25, 0.3) is 5.91 Å². The second kappa shape index (κ2) is 10.3. The summed E-state index contributed by atoms with van der Waals surface area (Å²) in [7, 11) is 0. The standard InChI is InChI=1S/C26H23ClF2N2O3/c1-2-30-11-13-31(14-12-30)25(32)22-15-18(21-9-8-20(28)16-23(21)29)5-10-24(22)34-26(33)17-3-6-19(27)7-4-17/h3-10,15-16H,2,11-14H2,1H3. The summed E-state index contributed by atoms with van der Waals surface area (Å²) in [6.45, 7) is 5.46. The highest BCUT2D eigenvalue weighted by atomic mass is 35.5. The molecule has 1 amide bonds. The van der Waals surface area contributed by atoms with Crippen molar-refractivity contribution in [2.75, 3.05) is 32.7 Å². The Morgan fingerprint density at radius 3 is 2.29 bits per heavy atom. The maximum absolute atomic E-state index is 14.4. The fourth-order valence-corrected chi connectivity index (χ4v) is 3.99. The van der Waals surface area contributed by atoms with E-state index < -0.39 is 17.6 Å². The molecule has 0 unspecified atom stereocenters. The molecule has 8 heteroatoms. The average molecular weight is 485 g/mol. The first-order chi connectivity index (χ1) is 16.4. The molecule has 0 saturated carbocycles. The van der Waals surface area contributed by atoms with Gasteiger partial charge in [0.05, 0.1) is 11.1 Å². The minimum atomic E-state index is -0.749. The first-order valence-electron chi connectivity index (χ1n) is 10.9. The van der Waals surface area contributed by atoms with Crippen molar-refractivity contribution in [3.63, 3.8) is 0 Å². The average Bonchev–Trinajstić information content (AvgIpc) is 2.84. The van der Waals surface area contributed by atoms with Crippen molar-refractivity contribution in [1.29, 1.82) is 0 Å². The van der Waals surface area contributed by atoms with Crippen LogP contribution in [0.15, 0.2) is 60.7 Å². The Bertz CT molecular complexity index is 1210. The molecule has 34 heavy (non-hydrogen) atoms. The Balaban J connectivity index is 1.69. The van der Waals surface area contributed by atoms with E-state index in [1.54, 1.807) is 17.0 Å². The Morgan fingerprint density at radius 2 is 1.65 bits per heavy atom. The molecule has 0 bridgehead atoms. The zero-order valence-corrected chi connectivity index (χ0v) is 19.3. The van der Waals surface area contributed by atoms with Gasteiger partial charge in [-0.25, -0.2) is 13.6 Å². The van der Waals surface area contributed by atoms with Gasteiger partial charge in [0.2, 0.25) is 0 Å². The number of piperazine rings is 1. The van der Waals surface area contributed by atoms with Gasteiger partial charge in [-0.2, -0.15) is 0 Å². The predicted octanol–water partition coefficient (Wildman–Crippen LogP) is 5.28. The highest BCUT2D eigenvalue weighted by Gasteiger charge is 2.26. The summed E-state index contributed by atoms with van der Waals surface area (Å²) in [5.41, 5.74) is 0.919. The van der Waals surface area contributed by atoms with Crippen molar-refractivity contribution < 1.29 is 23.1 Å². The largest absolute Gasteiger partial charge is 0.422 e. The molecule has 5 nitrogen and oxygen atoms in total. The highest BCUT2D eigenvalue weighted by molar-refractivity contribution is 6.30. The van der Waals surface area contributed by atoms with Crippen LogP contribution < -0.4 is 4.74 Å². The zero-order valence-electron chi connectivity index (χ0n) is 18.6. The molecule has 4 rings (SSSR count). The van der Waals surface area contributed by atoms with Crippen molar-refractivity contribution >= 4 is 23.5 Å². The van der Waals surface area contributed by atoms with Crippen LogP contribution in [-0.4, -0.2) is 54.4 Å². The number of likely N-dealkylation sites (N-methyl/N-ethyl adjacent to an activating group) is 1. The van der Waals surface area contributed by atoms with Gasteiger partial charge in [0.1, 0.15) is 17.4 Å². The van der Waals surface area contributed by atoms with Gasteiger partial charge in [-0.3, -0.25) is 4.79 Å². The molecule has 3 aromatic carbocycles. The molecule has 0 atom stereocenters. The van der Waals surface area contributed by atoms with Crippen LogP contribution in [0.4, 0.5) is 8.78 Å². The first-order valence-corrected chi connectivity index (χ1v) is 11.3. The molecule has 0 aliphatic carbocycles. The van der Waals surface area contributed by atoms with E-state index in [1.807, 2.05) is 0 Å². The van der Waals surface area contributed by atoms with Crippen LogP contribution in [-0.2, 0) is 0 Å². The molecule has 0 aromatic heterocycles. The number of hydrogen-bond donors (Lipinski definition) is 0. The van der Waals surface area contributed by atoms with Crippen molar-refractivity contribution in [2.45, 2.75) is 6.92 Å². The summed E-state index contributed by atoms with van der Waals surface area (Å²) in [6.07, 6.45) is 0. The van der Waals surface area contributed by atoms with Gasteiger partial charge < -0.3 is 14.5 Å². The Morgan fingerprint density at radius 1 is 0.941 bits per heavy atom. The second-order valence-corrected chi connectivity index (χ2v) is 8.39. The van der Waals surface area contributed by atoms with Crippen molar-refractivity contribution in [2.24, 2.45) is 0 Å². The summed E-state index contributed by atoms with van der Waals surface area (Å²) in [6, 6.07) is 13.9. The molecule has 1 heterocycles. The number of carbonyl (C=O) groups is 2. The smallest absolute Gasteiger partial charge is 0.343 e. The van der Waals surface area contributed by atoms with Crippen LogP contribution in [0.5, 0.6) is 5.75 Å². The van der Waals surface area contributed by atoms with Crippen LogP contribution in [0.25, 0.3) is 11.1 Å². The van der Waals surface area contributed by atoms with E-state index in [4.69, 9.17) is 16.3 Å².